The van der Waals surface area contributed by atoms with E-state index in [1.165, 1.54) is 11.1 Å². The normalized spacial score (nSPS) is 15.1. The molecule has 3 aromatic rings. The van der Waals surface area contributed by atoms with Crippen molar-refractivity contribution in [3.05, 3.63) is 100 Å². The summed E-state index contributed by atoms with van der Waals surface area (Å²) >= 11 is 0. The molecular weight excluding hydrogens is 456 g/mol. The number of ether oxygens (including phenoxy) is 3. The Hall–Kier alpha value is -4.26. The molecular formula is C29H30N2O5. The molecule has 0 fully saturated rings. The summed E-state index contributed by atoms with van der Waals surface area (Å²) in [7, 11) is 1.58. The van der Waals surface area contributed by atoms with Gasteiger partial charge in [-0.1, -0.05) is 35.9 Å². The zero-order chi connectivity index (χ0) is 25.7. The van der Waals surface area contributed by atoms with E-state index in [9.17, 15) is 9.59 Å². The number of urea groups is 1. The fourth-order valence-corrected chi connectivity index (χ4v) is 4.10. The molecule has 3 aromatic carbocycles. The Morgan fingerprint density at radius 2 is 1.64 bits per heavy atom. The van der Waals surface area contributed by atoms with Crippen molar-refractivity contribution in [2.75, 3.05) is 13.7 Å². The number of aryl methyl sites for hydroxylation is 2. The third kappa shape index (κ3) is 5.51. The summed E-state index contributed by atoms with van der Waals surface area (Å²) in [4.78, 5) is 25.7. The maximum absolute atomic E-state index is 13.1. The SMILES string of the molecule is CCOC(=O)C1=C(c2ccc(OC)cc2)NC(=O)NC1c1ccc(OCc2cc(C)ccc2C)cc1. The minimum Gasteiger partial charge on any atom is -0.497 e. The predicted octanol–water partition coefficient (Wildman–Crippen LogP) is 5.22. The summed E-state index contributed by atoms with van der Waals surface area (Å²) in [6.07, 6.45) is 0. The Bertz CT molecular complexity index is 1280. The molecule has 0 radical (unpaired) electrons. The Balaban J connectivity index is 1.64. The first kappa shape index (κ1) is 24.9. The van der Waals surface area contributed by atoms with Crippen LogP contribution in [0.15, 0.2) is 72.3 Å². The van der Waals surface area contributed by atoms with Crippen molar-refractivity contribution in [1.82, 2.24) is 10.6 Å². The molecule has 0 spiro atoms. The van der Waals surface area contributed by atoms with Crippen LogP contribution in [0.2, 0.25) is 0 Å². The monoisotopic (exact) mass is 486 g/mol. The molecule has 7 nitrogen and oxygen atoms in total. The molecule has 0 bridgehead atoms. The van der Waals surface area contributed by atoms with Crippen molar-refractivity contribution in [3.63, 3.8) is 0 Å². The van der Waals surface area contributed by atoms with Gasteiger partial charge in [0.2, 0.25) is 0 Å². The van der Waals surface area contributed by atoms with Crippen LogP contribution in [0.1, 0.15) is 40.8 Å². The van der Waals surface area contributed by atoms with E-state index >= 15 is 0 Å². The number of benzene rings is 3. The van der Waals surface area contributed by atoms with Gasteiger partial charge in [0.05, 0.1) is 31.0 Å². The minimum absolute atomic E-state index is 0.212. The zero-order valence-corrected chi connectivity index (χ0v) is 20.9. The van der Waals surface area contributed by atoms with Crippen molar-refractivity contribution < 1.29 is 23.8 Å². The first-order valence-electron chi connectivity index (χ1n) is 11.8. The number of amides is 2. The van der Waals surface area contributed by atoms with Crippen LogP contribution in [-0.4, -0.2) is 25.7 Å². The number of methoxy groups -OCH3 is 1. The largest absolute Gasteiger partial charge is 0.497 e. The topological polar surface area (TPSA) is 85.9 Å². The van der Waals surface area contributed by atoms with Crippen molar-refractivity contribution in [3.8, 4) is 11.5 Å². The molecule has 1 atom stereocenters. The molecule has 36 heavy (non-hydrogen) atoms. The smallest absolute Gasteiger partial charge is 0.338 e. The number of carbonyl (C=O) groups is 2. The molecule has 4 rings (SSSR count). The van der Waals surface area contributed by atoms with Crippen LogP contribution in [0, 0.1) is 13.8 Å². The number of esters is 1. The van der Waals surface area contributed by atoms with Crippen molar-refractivity contribution in [1.29, 1.82) is 0 Å². The first-order chi connectivity index (χ1) is 17.4. The van der Waals surface area contributed by atoms with Gasteiger partial charge in [0.25, 0.3) is 0 Å². The minimum atomic E-state index is -0.692. The van der Waals surface area contributed by atoms with E-state index in [-0.39, 0.29) is 6.61 Å². The maximum Gasteiger partial charge on any atom is 0.338 e. The van der Waals surface area contributed by atoms with E-state index < -0.39 is 18.0 Å². The Morgan fingerprint density at radius 3 is 2.31 bits per heavy atom. The highest BCUT2D eigenvalue weighted by molar-refractivity contribution is 6.04. The predicted molar refractivity (Wildman–Crippen MR) is 138 cm³/mol. The van der Waals surface area contributed by atoms with Crippen LogP contribution < -0.4 is 20.1 Å². The fourth-order valence-electron chi connectivity index (χ4n) is 4.10. The van der Waals surface area contributed by atoms with Gasteiger partial charge in [-0.2, -0.15) is 0 Å². The van der Waals surface area contributed by atoms with Gasteiger partial charge in [-0.15, -0.1) is 0 Å². The highest BCUT2D eigenvalue weighted by Gasteiger charge is 2.34. The lowest BCUT2D eigenvalue weighted by Crippen LogP contribution is -2.45. The van der Waals surface area contributed by atoms with E-state index in [2.05, 4.69) is 42.7 Å². The molecule has 0 saturated heterocycles. The van der Waals surface area contributed by atoms with E-state index in [0.29, 0.717) is 34.9 Å². The van der Waals surface area contributed by atoms with Gasteiger partial charge in [-0.25, -0.2) is 9.59 Å². The quantitative estimate of drug-likeness (QED) is 0.427. The van der Waals surface area contributed by atoms with E-state index in [0.717, 1.165) is 11.1 Å². The van der Waals surface area contributed by atoms with Gasteiger partial charge in [-0.05, 0) is 79.4 Å². The molecule has 0 saturated carbocycles. The van der Waals surface area contributed by atoms with Gasteiger partial charge in [0.15, 0.2) is 0 Å². The molecule has 1 aliphatic heterocycles. The highest BCUT2D eigenvalue weighted by atomic mass is 16.5. The standard InChI is InChI=1S/C29H30N2O5/c1-5-35-28(32)25-26(20-8-12-23(34-4)13-9-20)30-29(33)31-27(25)21-10-14-24(15-11-21)36-17-22-16-18(2)6-7-19(22)3/h6-16,27H,5,17H2,1-4H3,(H2,30,31,33). The lowest BCUT2D eigenvalue weighted by Gasteiger charge is -2.29. The maximum atomic E-state index is 13.1. The number of nitrogens with one attached hydrogen (secondary N) is 2. The first-order valence-corrected chi connectivity index (χ1v) is 11.8. The van der Waals surface area contributed by atoms with E-state index in [1.54, 1.807) is 38.3 Å². The van der Waals surface area contributed by atoms with Crippen LogP contribution in [0.4, 0.5) is 4.79 Å². The molecule has 0 aliphatic carbocycles. The van der Waals surface area contributed by atoms with E-state index in [1.807, 2.05) is 24.3 Å². The second kappa shape index (κ2) is 11.0. The molecule has 7 heteroatoms. The van der Waals surface area contributed by atoms with Crippen LogP contribution in [0.3, 0.4) is 0 Å². The third-order valence-electron chi connectivity index (χ3n) is 6.06. The Labute approximate surface area is 211 Å². The van der Waals surface area contributed by atoms with Gasteiger partial charge in [0.1, 0.15) is 18.1 Å². The van der Waals surface area contributed by atoms with Crippen LogP contribution in [0.5, 0.6) is 11.5 Å². The van der Waals surface area contributed by atoms with E-state index in [4.69, 9.17) is 14.2 Å². The van der Waals surface area contributed by atoms with Crippen molar-refractivity contribution in [2.45, 2.75) is 33.4 Å². The lowest BCUT2D eigenvalue weighted by molar-refractivity contribution is -0.138. The average Bonchev–Trinajstić information content (AvgIpc) is 2.89. The Kier molecular flexibility index (Phi) is 7.59. The zero-order valence-electron chi connectivity index (χ0n) is 20.9. The lowest BCUT2D eigenvalue weighted by atomic mass is 9.92. The summed E-state index contributed by atoms with van der Waals surface area (Å²) < 4.78 is 16.6. The van der Waals surface area contributed by atoms with Gasteiger partial charge in [0, 0.05) is 0 Å². The molecule has 186 valence electrons. The van der Waals surface area contributed by atoms with Gasteiger partial charge in [-0.3, -0.25) is 0 Å². The summed E-state index contributed by atoms with van der Waals surface area (Å²) in [6, 6.07) is 19.7. The second-order valence-electron chi connectivity index (χ2n) is 8.56. The molecule has 1 heterocycles. The third-order valence-corrected chi connectivity index (χ3v) is 6.06. The van der Waals surface area contributed by atoms with Crippen LogP contribution in [0.25, 0.3) is 5.70 Å². The molecule has 1 aliphatic rings. The second-order valence-corrected chi connectivity index (χ2v) is 8.56. The van der Waals surface area contributed by atoms with Crippen molar-refractivity contribution >= 4 is 17.7 Å². The van der Waals surface area contributed by atoms with Gasteiger partial charge < -0.3 is 24.8 Å². The summed E-state index contributed by atoms with van der Waals surface area (Å²) in [5, 5.41) is 5.64. The van der Waals surface area contributed by atoms with Gasteiger partial charge >= 0.3 is 12.0 Å². The average molecular weight is 487 g/mol. The molecule has 2 amide bonds. The van der Waals surface area contributed by atoms with Crippen molar-refractivity contribution in [2.24, 2.45) is 0 Å². The summed E-state index contributed by atoms with van der Waals surface area (Å²) in [6.45, 7) is 6.53. The number of hydrogen-bond acceptors (Lipinski definition) is 5. The summed E-state index contributed by atoms with van der Waals surface area (Å²) in [5.41, 5.74) is 5.62. The number of hydrogen-bond donors (Lipinski definition) is 2. The highest BCUT2D eigenvalue weighted by Crippen LogP contribution is 2.33. The van der Waals surface area contributed by atoms with Crippen LogP contribution >= 0.6 is 0 Å². The number of rotatable bonds is 8. The molecule has 2 N–H and O–H groups in total. The molecule has 0 aromatic heterocycles. The Morgan fingerprint density at radius 1 is 0.944 bits per heavy atom. The summed E-state index contributed by atoms with van der Waals surface area (Å²) in [5.74, 6) is 0.860. The fraction of sp³-hybridized carbons (Fsp3) is 0.241. The number of carbonyl (C=O) groups excluding carboxylic acids is 2. The van der Waals surface area contributed by atoms with Crippen LogP contribution in [-0.2, 0) is 16.1 Å². The molecule has 1 unspecified atom stereocenters.